The van der Waals surface area contributed by atoms with Gasteiger partial charge < -0.3 is 10.1 Å². The van der Waals surface area contributed by atoms with Gasteiger partial charge in [0, 0.05) is 17.7 Å². The molecule has 21 heavy (non-hydrogen) atoms. The number of rotatable bonds is 2. The van der Waals surface area contributed by atoms with Gasteiger partial charge in [0.05, 0.1) is 0 Å². The fraction of sp³-hybridized carbons (Fsp3) is 0.158. The largest absolute Gasteiger partial charge is 0.470 e. The molecule has 3 aromatic carbocycles. The molecule has 0 amide bonds. The molecule has 0 aliphatic carbocycles. The monoisotopic (exact) mass is 275 g/mol. The maximum Gasteiger partial charge on any atom is 0.170 e. The Morgan fingerprint density at radius 1 is 0.857 bits per heavy atom. The lowest BCUT2D eigenvalue weighted by Gasteiger charge is -2.28. The molecule has 1 aliphatic rings. The number of hydrogen-bond acceptors (Lipinski definition) is 2. The number of para-hydroxylation sites is 1. The van der Waals surface area contributed by atoms with Crippen molar-refractivity contribution >= 4 is 16.5 Å². The van der Waals surface area contributed by atoms with Crippen LogP contribution in [0.25, 0.3) is 10.8 Å². The molecule has 0 bridgehead atoms. The maximum atomic E-state index is 6.13. The second kappa shape index (κ2) is 5.13. The molecular formula is C19H17NO. The lowest BCUT2D eigenvalue weighted by molar-refractivity contribution is 0.201. The molecule has 0 fully saturated rings. The first-order valence-electron chi connectivity index (χ1n) is 7.39. The van der Waals surface area contributed by atoms with E-state index in [4.69, 9.17) is 4.74 Å². The van der Waals surface area contributed by atoms with E-state index in [2.05, 4.69) is 53.8 Å². The summed E-state index contributed by atoms with van der Waals surface area (Å²) in [7, 11) is 0. The van der Waals surface area contributed by atoms with Gasteiger partial charge in [0.1, 0.15) is 5.75 Å². The van der Waals surface area contributed by atoms with Crippen molar-refractivity contribution in [3.05, 3.63) is 72.3 Å². The molecule has 0 aromatic heterocycles. The quantitative estimate of drug-likeness (QED) is 0.737. The number of aryl methyl sites for hydroxylation is 1. The third-order valence-electron chi connectivity index (χ3n) is 4.02. The van der Waals surface area contributed by atoms with Gasteiger partial charge in [-0.2, -0.15) is 0 Å². The minimum atomic E-state index is 0.0427. The highest BCUT2D eigenvalue weighted by atomic mass is 16.5. The van der Waals surface area contributed by atoms with Crippen LogP contribution in [0.4, 0.5) is 5.69 Å². The molecule has 2 heteroatoms. The highest BCUT2D eigenvalue weighted by Gasteiger charge is 2.21. The first-order chi connectivity index (χ1) is 10.4. The molecule has 0 saturated carbocycles. The van der Waals surface area contributed by atoms with E-state index in [-0.39, 0.29) is 6.23 Å². The average Bonchev–Trinajstić information content (AvgIpc) is 2.55. The molecule has 0 saturated heterocycles. The van der Waals surface area contributed by atoms with Crippen molar-refractivity contribution in [1.29, 1.82) is 0 Å². The van der Waals surface area contributed by atoms with Crippen molar-refractivity contribution in [2.75, 3.05) is 5.32 Å². The molecule has 4 rings (SSSR count). The fourth-order valence-corrected chi connectivity index (χ4v) is 2.99. The summed E-state index contributed by atoms with van der Waals surface area (Å²) in [5, 5.41) is 6.05. The van der Waals surface area contributed by atoms with Crippen LogP contribution in [-0.2, 0) is 6.42 Å². The zero-order chi connectivity index (χ0) is 14.1. The zero-order valence-electron chi connectivity index (χ0n) is 11.8. The number of nitrogens with one attached hydrogen (secondary N) is 1. The molecule has 1 atom stereocenters. The Morgan fingerprint density at radius 3 is 2.57 bits per heavy atom. The SMILES string of the molecule is c1ccc(NC2CCc3c(ccc4ccccc34)O2)cc1. The summed E-state index contributed by atoms with van der Waals surface area (Å²) in [5.74, 6) is 1.01. The van der Waals surface area contributed by atoms with Crippen LogP contribution in [0.1, 0.15) is 12.0 Å². The van der Waals surface area contributed by atoms with E-state index in [1.807, 2.05) is 18.2 Å². The third-order valence-corrected chi connectivity index (χ3v) is 4.02. The minimum Gasteiger partial charge on any atom is -0.470 e. The predicted octanol–water partition coefficient (Wildman–Crippen LogP) is 4.60. The van der Waals surface area contributed by atoms with Crippen LogP contribution in [0, 0.1) is 0 Å². The summed E-state index contributed by atoms with van der Waals surface area (Å²) in [4.78, 5) is 0. The summed E-state index contributed by atoms with van der Waals surface area (Å²) >= 11 is 0. The summed E-state index contributed by atoms with van der Waals surface area (Å²) in [6.45, 7) is 0. The topological polar surface area (TPSA) is 21.3 Å². The molecule has 1 N–H and O–H groups in total. The van der Waals surface area contributed by atoms with Crippen LogP contribution < -0.4 is 10.1 Å². The van der Waals surface area contributed by atoms with Gasteiger partial charge in [-0.05, 0) is 35.4 Å². The van der Waals surface area contributed by atoms with Gasteiger partial charge in [-0.15, -0.1) is 0 Å². The molecule has 0 radical (unpaired) electrons. The van der Waals surface area contributed by atoms with Gasteiger partial charge in [-0.1, -0.05) is 48.5 Å². The molecule has 0 spiro atoms. The van der Waals surface area contributed by atoms with Crippen LogP contribution >= 0.6 is 0 Å². The number of benzene rings is 3. The van der Waals surface area contributed by atoms with E-state index in [1.165, 1.54) is 16.3 Å². The Labute approximate surface area is 124 Å². The van der Waals surface area contributed by atoms with E-state index in [0.717, 1.165) is 24.3 Å². The number of ether oxygens (including phenoxy) is 1. The third kappa shape index (κ3) is 2.33. The van der Waals surface area contributed by atoms with Gasteiger partial charge in [-0.3, -0.25) is 0 Å². The average molecular weight is 275 g/mol. The minimum absolute atomic E-state index is 0.0427. The fourth-order valence-electron chi connectivity index (χ4n) is 2.99. The smallest absolute Gasteiger partial charge is 0.170 e. The van der Waals surface area contributed by atoms with E-state index in [0.29, 0.717) is 0 Å². The molecule has 1 unspecified atom stereocenters. The maximum absolute atomic E-state index is 6.13. The highest BCUT2D eigenvalue weighted by Crippen LogP contribution is 2.34. The molecular weight excluding hydrogens is 258 g/mol. The van der Waals surface area contributed by atoms with Crippen molar-refractivity contribution in [2.45, 2.75) is 19.1 Å². The van der Waals surface area contributed by atoms with Gasteiger partial charge in [0.25, 0.3) is 0 Å². The van der Waals surface area contributed by atoms with Crippen molar-refractivity contribution in [3.8, 4) is 5.75 Å². The van der Waals surface area contributed by atoms with Gasteiger partial charge >= 0.3 is 0 Å². The lowest BCUT2D eigenvalue weighted by Crippen LogP contribution is -2.30. The molecule has 2 nitrogen and oxygen atoms in total. The lowest BCUT2D eigenvalue weighted by atomic mass is 9.97. The van der Waals surface area contributed by atoms with Crippen molar-refractivity contribution in [1.82, 2.24) is 0 Å². The molecule has 104 valence electrons. The summed E-state index contributed by atoms with van der Waals surface area (Å²) in [5.41, 5.74) is 2.44. The normalized spacial score (nSPS) is 17.0. The second-order valence-corrected chi connectivity index (χ2v) is 5.42. The predicted molar refractivity (Wildman–Crippen MR) is 86.7 cm³/mol. The second-order valence-electron chi connectivity index (χ2n) is 5.42. The Balaban J connectivity index is 1.62. The van der Waals surface area contributed by atoms with Gasteiger partial charge in [-0.25, -0.2) is 0 Å². The van der Waals surface area contributed by atoms with Crippen LogP contribution in [-0.4, -0.2) is 6.23 Å². The van der Waals surface area contributed by atoms with E-state index >= 15 is 0 Å². The van der Waals surface area contributed by atoms with Crippen molar-refractivity contribution < 1.29 is 4.74 Å². The van der Waals surface area contributed by atoms with E-state index in [9.17, 15) is 0 Å². The Morgan fingerprint density at radius 2 is 1.67 bits per heavy atom. The summed E-state index contributed by atoms with van der Waals surface area (Å²) in [6, 6.07) is 23.0. The summed E-state index contributed by atoms with van der Waals surface area (Å²) < 4.78 is 6.13. The zero-order valence-corrected chi connectivity index (χ0v) is 11.8. The van der Waals surface area contributed by atoms with Gasteiger partial charge in [0.15, 0.2) is 6.23 Å². The van der Waals surface area contributed by atoms with Gasteiger partial charge in [0.2, 0.25) is 0 Å². The summed E-state index contributed by atoms with van der Waals surface area (Å²) in [6.07, 6.45) is 2.07. The number of hydrogen-bond donors (Lipinski definition) is 1. The first-order valence-corrected chi connectivity index (χ1v) is 7.39. The molecule has 1 heterocycles. The van der Waals surface area contributed by atoms with E-state index in [1.54, 1.807) is 0 Å². The molecule has 1 aliphatic heterocycles. The number of fused-ring (bicyclic) bond motifs is 3. The standard InChI is InChI=1S/C19H17NO/c1-2-7-15(8-3-1)20-19-13-11-17-16-9-5-4-6-14(16)10-12-18(17)21-19/h1-10,12,19-20H,11,13H2. The Bertz CT molecular complexity index is 767. The van der Waals surface area contributed by atoms with E-state index < -0.39 is 0 Å². The van der Waals surface area contributed by atoms with Crippen LogP contribution in [0.5, 0.6) is 5.75 Å². The Hall–Kier alpha value is -2.48. The Kier molecular flexibility index (Phi) is 3.00. The van der Waals surface area contributed by atoms with Crippen molar-refractivity contribution in [2.24, 2.45) is 0 Å². The number of anilines is 1. The van der Waals surface area contributed by atoms with Crippen LogP contribution in [0.2, 0.25) is 0 Å². The van der Waals surface area contributed by atoms with Crippen LogP contribution in [0.15, 0.2) is 66.7 Å². The van der Waals surface area contributed by atoms with Crippen LogP contribution in [0.3, 0.4) is 0 Å². The first kappa shape index (κ1) is 12.3. The molecule has 3 aromatic rings. The van der Waals surface area contributed by atoms with Crippen molar-refractivity contribution in [3.63, 3.8) is 0 Å². The highest BCUT2D eigenvalue weighted by molar-refractivity contribution is 5.88.